The van der Waals surface area contributed by atoms with Crippen LogP contribution in [0.2, 0.25) is 0 Å². The Balaban J connectivity index is 1.69. The van der Waals surface area contributed by atoms with Gasteiger partial charge < -0.3 is 5.32 Å². The second-order valence-corrected chi connectivity index (χ2v) is 6.73. The van der Waals surface area contributed by atoms with Crippen molar-refractivity contribution in [2.75, 3.05) is 26.2 Å². The second kappa shape index (κ2) is 6.38. The summed E-state index contributed by atoms with van der Waals surface area (Å²) in [6.07, 6.45) is 5.36. The lowest BCUT2D eigenvalue weighted by molar-refractivity contribution is 0.330. The molecule has 104 valence electrons. The normalized spacial score (nSPS) is 24.8. The Morgan fingerprint density at radius 1 is 1.21 bits per heavy atom. The van der Waals surface area contributed by atoms with Crippen molar-refractivity contribution in [1.82, 2.24) is 10.2 Å². The van der Waals surface area contributed by atoms with Crippen molar-refractivity contribution < 1.29 is 0 Å². The van der Waals surface area contributed by atoms with Gasteiger partial charge in [-0.25, -0.2) is 0 Å². The van der Waals surface area contributed by atoms with Crippen LogP contribution in [-0.2, 0) is 6.54 Å². The molecule has 1 unspecified atom stereocenters. The Bertz CT molecular complexity index is 421. The van der Waals surface area contributed by atoms with Crippen LogP contribution in [0.4, 0.5) is 0 Å². The van der Waals surface area contributed by atoms with E-state index in [1.807, 2.05) is 0 Å². The Hall–Kier alpha value is -0.380. The van der Waals surface area contributed by atoms with E-state index < -0.39 is 0 Å². The van der Waals surface area contributed by atoms with Gasteiger partial charge in [-0.1, -0.05) is 28.1 Å². The number of nitrogens with one attached hydrogen (secondary N) is 1. The molecule has 3 heteroatoms. The predicted molar refractivity (Wildman–Crippen MR) is 83.5 cm³/mol. The van der Waals surface area contributed by atoms with E-state index in [0.717, 1.165) is 13.1 Å². The highest BCUT2D eigenvalue weighted by molar-refractivity contribution is 9.10. The second-order valence-electron chi connectivity index (χ2n) is 5.88. The van der Waals surface area contributed by atoms with Crippen LogP contribution in [0.5, 0.6) is 0 Å². The average molecular weight is 323 g/mol. The first-order chi connectivity index (χ1) is 9.33. The molecule has 2 saturated heterocycles. The summed E-state index contributed by atoms with van der Waals surface area (Å²) < 4.78 is 1.29. The Kier molecular flexibility index (Phi) is 4.57. The SMILES string of the molecule is Brc1cc(C2CCCNC2)ccc1CN1CCCC1. The van der Waals surface area contributed by atoms with Crippen LogP contribution in [0.1, 0.15) is 42.7 Å². The molecule has 2 fully saturated rings. The fraction of sp³-hybridized carbons (Fsp3) is 0.625. The Morgan fingerprint density at radius 3 is 2.74 bits per heavy atom. The van der Waals surface area contributed by atoms with Crippen molar-refractivity contribution in [2.45, 2.75) is 38.1 Å². The molecule has 0 amide bonds. The number of hydrogen-bond acceptors (Lipinski definition) is 2. The minimum absolute atomic E-state index is 0.700. The molecule has 0 bridgehead atoms. The molecule has 1 atom stereocenters. The summed E-state index contributed by atoms with van der Waals surface area (Å²) in [5, 5.41) is 3.50. The summed E-state index contributed by atoms with van der Waals surface area (Å²) in [6, 6.07) is 7.02. The summed E-state index contributed by atoms with van der Waals surface area (Å²) in [5.74, 6) is 0.700. The largest absolute Gasteiger partial charge is 0.316 e. The molecule has 2 aliphatic heterocycles. The minimum atomic E-state index is 0.700. The molecule has 2 nitrogen and oxygen atoms in total. The summed E-state index contributed by atoms with van der Waals surface area (Å²) in [5.41, 5.74) is 2.93. The van der Waals surface area contributed by atoms with Gasteiger partial charge in [0.2, 0.25) is 0 Å². The standard InChI is InChI=1S/C16H23BrN2/c17-16-10-13(14-4-3-7-18-11-14)5-6-15(16)12-19-8-1-2-9-19/h5-6,10,14,18H,1-4,7-9,11-12H2. The van der Waals surface area contributed by atoms with Gasteiger partial charge in [0, 0.05) is 17.6 Å². The lowest BCUT2D eigenvalue weighted by Crippen LogP contribution is -2.28. The van der Waals surface area contributed by atoms with E-state index in [-0.39, 0.29) is 0 Å². The third kappa shape index (κ3) is 3.39. The quantitative estimate of drug-likeness (QED) is 0.916. The van der Waals surface area contributed by atoms with Gasteiger partial charge in [0.05, 0.1) is 0 Å². The molecule has 0 radical (unpaired) electrons. The first-order valence-electron chi connectivity index (χ1n) is 7.54. The van der Waals surface area contributed by atoms with E-state index in [2.05, 4.69) is 44.3 Å². The highest BCUT2D eigenvalue weighted by Gasteiger charge is 2.17. The van der Waals surface area contributed by atoms with E-state index in [0.29, 0.717) is 5.92 Å². The average Bonchev–Trinajstić information content (AvgIpc) is 2.95. The number of halogens is 1. The minimum Gasteiger partial charge on any atom is -0.316 e. The van der Waals surface area contributed by atoms with E-state index in [1.54, 1.807) is 0 Å². The van der Waals surface area contributed by atoms with Crippen molar-refractivity contribution >= 4 is 15.9 Å². The van der Waals surface area contributed by atoms with Crippen molar-refractivity contribution in [3.8, 4) is 0 Å². The third-order valence-corrected chi connectivity index (χ3v) is 5.18. The van der Waals surface area contributed by atoms with Crippen LogP contribution in [0.3, 0.4) is 0 Å². The summed E-state index contributed by atoms with van der Waals surface area (Å²) >= 11 is 3.77. The van der Waals surface area contributed by atoms with Gasteiger partial charge in [0.15, 0.2) is 0 Å². The lowest BCUT2D eigenvalue weighted by Gasteiger charge is -2.24. The topological polar surface area (TPSA) is 15.3 Å². The molecule has 19 heavy (non-hydrogen) atoms. The number of benzene rings is 1. The maximum Gasteiger partial charge on any atom is 0.0244 e. The zero-order chi connectivity index (χ0) is 13.1. The first-order valence-corrected chi connectivity index (χ1v) is 8.33. The molecule has 3 rings (SSSR count). The van der Waals surface area contributed by atoms with Gasteiger partial charge in [0.1, 0.15) is 0 Å². The molecule has 0 aliphatic carbocycles. The van der Waals surface area contributed by atoms with Gasteiger partial charge in [-0.3, -0.25) is 4.90 Å². The van der Waals surface area contributed by atoms with Crippen LogP contribution in [-0.4, -0.2) is 31.1 Å². The molecule has 2 aliphatic rings. The summed E-state index contributed by atoms with van der Waals surface area (Å²) in [6.45, 7) is 5.95. The van der Waals surface area contributed by atoms with Crippen LogP contribution in [0.15, 0.2) is 22.7 Å². The van der Waals surface area contributed by atoms with Gasteiger partial charge in [-0.2, -0.15) is 0 Å². The molecular formula is C16H23BrN2. The van der Waals surface area contributed by atoms with Gasteiger partial charge in [-0.15, -0.1) is 0 Å². The molecule has 0 spiro atoms. The van der Waals surface area contributed by atoms with E-state index in [9.17, 15) is 0 Å². The lowest BCUT2D eigenvalue weighted by atomic mass is 9.91. The molecule has 0 aromatic heterocycles. The number of piperidine rings is 1. The van der Waals surface area contributed by atoms with Crippen LogP contribution in [0.25, 0.3) is 0 Å². The van der Waals surface area contributed by atoms with Crippen molar-refractivity contribution in [3.05, 3.63) is 33.8 Å². The number of rotatable bonds is 3. The molecule has 1 aromatic carbocycles. The van der Waals surface area contributed by atoms with Crippen molar-refractivity contribution in [3.63, 3.8) is 0 Å². The zero-order valence-electron chi connectivity index (χ0n) is 11.5. The van der Waals surface area contributed by atoms with Crippen molar-refractivity contribution in [1.29, 1.82) is 0 Å². The molecular weight excluding hydrogens is 300 g/mol. The highest BCUT2D eigenvalue weighted by Crippen LogP contribution is 2.28. The number of nitrogens with zero attached hydrogens (tertiary/aromatic N) is 1. The summed E-state index contributed by atoms with van der Waals surface area (Å²) in [4.78, 5) is 2.56. The maximum atomic E-state index is 3.77. The summed E-state index contributed by atoms with van der Waals surface area (Å²) in [7, 11) is 0. The smallest absolute Gasteiger partial charge is 0.0244 e. The van der Waals surface area contributed by atoms with Crippen LogP contribution < -0.4 is 5.32 Å². The van der Waals surface area contributed by atoms with Gasteiger partial charge in [-0.05, 0) is 68.4 Å². The first kappa shape index (κ1) is 13.6. The molecule has 0 saturated carbocycles. The van der Waals surface area contributed by atoms with Crippen LogP contribution in [0, 0.1) is 0 Å². The number of likely N-dealkylation sites (tertiary alicyclic amines) is 1. The third-order valence-electron chi connectivity index (χ3n) is 4.44. The molecule has 1 aromatic rings. The Morgan fingerprint density at radius 2 is 2.05 bits per heavy atom. The Labute approximate surface area is 124 Å². The predicted octanol–water partition coefficient (Wildman–Crippen LogP) is 3.51. The number of hydrogen-bond donors (Lipinski definition) is 1. The zero-order valence-corrected chi connectivity index (χ0v) is 13.1. The maximum absolute atomic E-state index is 3.77. The van der Waals surface area contributed by atoms with Gasteiger partial charge in [0.25, 0.3) is 0 Å². The van der Waals surface area contributed by atoms with E-state index >= 15 is 0 Å². The fourth-order valence-corrected chi connectivity index (χ4v) is 3.79. The fourth-order valence-electron chi connectivity index (χ4n) is 3.26. The van der Waals surface area contributed by atoms with Gasteiger partial charge >= 0.3 is 0 Å². The highest BCUT2D eigenvalue weighted by atomic mass is 79.9. The van der Waals surface area contributed by atoms with E-state index in [4.69, 9.17) is 0 Å². The van der Waals surface area contributed by atoms with Crippen molar-refractivity contribution in [2.24, 2.45) is 0 Å². The van der Waals surface area contributed by atoms with E-state index in [1.165, 1.54) is 60.9 Å². The molecule has 2 heterocycles. The molecule has 1 N–H and O–H groups in total. The monoisotopic (exact) mass is 322 g/mol. The van der Waals surface area contributed by atoms with Crippen LogP contribution >= 0.6 is 15.9 Å².